The highest BCUT2D eigenvalue weighted by atomic mass is 19.1. The normalized spacial score (nSPS) is 16.7. The zero-order valence-electron chi connectivity index (χ0n) is 13.4. The first-order valence-corrected chi connectivity index (χ1v) is 7.96. The summed E-state index contributed by atoms with van der Waals surface area (Å²) in [6.07, 6.45) is 1.04. The largest absolute Gasteiger partial charge is 0.457 e. The van der Waals surface area contributed by atoms with Crippen LogP contribution in [0.5, 0.6) is 11.5 Å². The van der Waals surface area contributed by atoms with Crippen molar-refractivity contribution in [2.24, 2.45) is 0 Å². The highest BCUT2D eigenvalue weighted by Gasteiger charge is 2.19. The molecule has 0 radical (unpaired) electrons. The van der Waals surface area contributed by atoms with Gasteiger partial charge in [-0.1, -0.05) is 6.07 Å². The first-order valence-electron chi connectivity index (χ1n) is 7.96. The lowest BCUT2D eigenvalue weighted by atomic mass is 10.1. The van der Waals surface area contributed by atoms with E-state index in [-0.39, 0.29) is 23.8 Å². The first kappa shape index (κ1) is 16.8. The summed E-state index contributed by atoms with van der Waals surface area (Å²) < 4.78 is 18.7. The van der Waals surface area contributed by atoms with Crippen molar-refractivity contribution in [3.8, 4) is 11.5 Å². The molecular weight excluding hydrogens is 325 g/mol. The Labute approximate surface area is 144 Å². The van der Waals surface area contributed by atoms with Gasteiger partial charge in [-0.3, -0.25) is 4.79 Å². The smallest absolute Gasteiger partial charge is 0.319 e. The van der Waals surface area contributed by atoms with Gasteiger partial charge in [-0.25, -0.2) is 9.18 Å². The van der Waals surface area contributed by atoms with Crippen molar-refractivity contribution in [1.29, 1.82) is 0 Å². The topological polar surface area (TPSA) is 79.5 Å². The van der Waals surface area contributed by atoms with Crippen molar-refractivity contribution in [2.45, 2.75) is 18.9 Å². The number of amides is 3. The molecule has 130 valence electrons. The second-order valence-corrected chi connectivity index (χ2v) is 5.72. The molecule has 3 amide bonds. The number of halogens is 1. The number of urea groups is 1. The van der Waals surface area contributed by atoms with E-state index in [0.717, 1.165) is 0 Å². The predicted octanol–water partition coefficient (Wildman–Crippen LogP) is 3.02. The molecule has 1 heterocycles. The lowest BCUT2D eigenvalue weighted by Gasteiger charge is -2.23. The van der Waals surface area contributed by atoms with Crippen molar-refractivity contribution in [2.75, 3.05) is 11.9 Å². The van der Waals surface area contributed by atoms with Crippen LogP contribution >= 0.6 is 0 Å². The van der Waals surface area contributed by atoms with Crippen LogP contribution in [0.1, 0.15) is 12.8 Å². The molecule has 0 saturated carbocycles. The van der Waals surface area contributed by atoms with E-state index < -0.39 is 0 Å². The Morgan fingerprint density at radius 2 is 1.96 bits per heavy atom. The number of carbonyl (C=O) groups excluding carboxylic acids is 2. The molecule has 0 bridgehead atoms. The maximum Gasteiger partial charge on any atom is 0.319 e. The molecule has 1 fully saturated rings. The minimum Gasteiger partial charge on any atom is -0.457 e. The van der Waals surface area contributed by atoms with Crippen molar-refractivity contribution in [3.05, 3.63) is 54.3 Å². The van der Waals surface area contributed by atoms with Crippen molar-refractivity contribution in [1.82, 2.24) is 10.6 Å². The minimum atomic E-state index is -0.369. The summed E-state index contributed by atoms with van der Waals surface area (Å²) >= 11 is 0. The molecule has 0 aromatic heterocycles. The molecule has 1 saturated heterocycles. The van der Waals surface area contributed by atoms with E-state index in [2.05, 4.69) is 16.0 Å². The number of rotatable bonds is 4. The van der Waals surface area contributed by atoms with Gasteiger partial charge in [0, 0.05) is 30.8 Å². The summed E-state index contributed by atoms with van der Waals surface area (Å²) in [6, 6.07) is 12.2. The molecule has 2 aromatic carbocycles. The number of hydrogen-bond acceptors (Lipinski definition) is 3. The minimum absolute atomic E-state index is 0.00680. The highest BCUT2D eigenvalue weighted by molar-refractivity contribution is 5.89. The Morgan fingerprint density at radius 1 is 1.16 bits per heavy atom. The van der Waals surface area contributed by atoms with E-state index in [4.69, 9.17) is 4.74 Å². The summed E-state index contributed by atoms with van der Waals surface area (Å²) in [5.74, 6) is 0.572. The van der Waals surface area contributed by atoms with Crippen LogP contribution in [0.25, 0.3) is 0 Å². The number of piperidine rings is 1. The van der Waals surface area contributed by atoms with Crippen LogP contribution in [-0.2, 0) is 4.79 Å². The van der Waals surface area contributed by atoms with Crippen molar-refractivity contribution < 1.29 is 18.7 Å². The molecule has 0 spiro atoms. The standard InChI is InChI=1S/C18H18FN3O3/c19-12-2-1-3-16(10-12)25-15-7-4-13(5-8-15)21-18(24)22-14-6-9-17(23)20-11-14/h1-5,7-8,10,14H,6,9,11H2,(H,20,23)(H2,21,22,24). The first-order chi connectivity index (χ1) is 12.1. The van der Waals surface area contributed by atoms with Crippen molar-refractivity contribution in [3.63, 3.8) is 0 Å². The SMILES string of the molecule is O=C1CCC(NC(=O)Nc2ccc(Oc3cccc(F)c3)cc2)CN1. The summed E-state index contributed by atoms with van der Waals surface area (Å²) in [5, 5.41) is 8.24. The van der Waals surface area contributed by atoms with E-state index in [1.165, 1.54) is 12.1 Å². The van der Waals surface area contributed by atoms with Crippen LogP contribution in [0.3, 0.4) is 0 Å². The number of nitrogens with one attached hydrogen (secondary N) is 3. The van der Waals surface area contributed by atoms with Gasteiger partial charge in [0.2, 0.25) is 5.91 Å². The molecule has 1 unspecified atom stereocenters. The Bertz CT molecular complexity index is 754. The summed E-state index contributed by atoms with van der Waals surface area (Å²) in [6.45, 7) is 0.437. The third-order valence-electron chi connectivity index (χ3n) is 3.74. The van der Waals surface area contributed by atoms with Gasteiger partial charge in [0.05, 0.1) is 0 Å². The third kappa shape index (κ3) is 4.94. The van der Waals surface area contributed by atoms with Gasteiger partial charge < -0.3 is 20.7 Å². The maximum atomic E-state index is 13.1. The Kier molecular flexibility index (Phi) is 5.13. The molecule has 7 heteroatoms. The third-order valence-corrected chi connectivity index (χ3v) is 3.74. The van der Waals surface area contributed by atoms with Crippen LogP contribution in [0.15, 0.2) is 48.5 Å². The predicted molar refractivity (Wildman–Crippen MR) is 91.1 cm³/mol. The molecule has 1 aliphatic heterocycles. The van der Waals surface area contributed by atoms with Gasteiger partial charge in [0.15, 0.2) is 0 Å². The van der Waals surface area contributed by atoms with Crippen LogP contribution in [0.4, 0.5) is 14.9 Å². The zero-order valence-corrected chi connectivity index (χ0v) is 13.4. The number of hydrogen-bond donors (Lipinski definition) is 3. The molecule has 1 atom stereocenters. The van der Waals surface area contributed by atoms with Gasteiger partial charge in [0.1, 0.15) is 17.3 Å². The van der Waals surface area contributed by atoms with E-state index in [1.807, 2.05) is 0 Å². The molecule has 1 aliphatic rings. The number of carbonyl (C=O) groups is 2. The van der Waals surface area contributed by atoms with E-state index in [9.17, 15) is 14.0 Å². The quantitative estimate of drug-likeness (QED) is 0.798. The highest BCUT2D eigenvalue weighted by Crippen LogP contribution is 2.23. The van der Waals surface area contributed by atoms with Crippen LogP contribution in [-0.4, -0.2) is 24.5 Å². The fourth-order valence-electron chi connectivity index (χ4n) is 2.48. The van der Waals surface area contributed by atoms with E-state index in [1.54, 1.807) is 36.4 Å². The zero-order chi connectivity index (χ0) is 17.6. The number of anilines is 1. The summed E-state index contributed by atoms with van der Waals surface area (Å²) in [5.41, 5.74) is 0.601. The lowest BCUT2D eigenvalue weighted by Crippen LogP contribution is -2.48. The monoisotopic (exact) mass is 343 g/mol. The molecule has 2 aromatic rings. The van der Waals surface area contributed by atoms with Gasteiger partial charge in [-0.15, -0.1) is 0 Å². The van der Waals surface area contributed by atoms with Gasteiger partial charge in [-0.2, -0.15) is 0 Å². The molecular formula is C18H18FN3O3. The number of ether oxygens (including phenoxy) is 1. The Hall–Kier alpha value is -3.09. The molecule has 6 nitrogen and oxygen atoms in total. The van der Waals surface area contributed by atoms with Crippen LogP contribution < -0.4 is 20.7 Å². The second-order valence-electron chi connectivity index (χ2n) is 5.72. The van der Waals surface area contributed by atoms with Crippen LogP contribution in [0, 0.1) is 5.82 Å². The fraction of sp³-hybridized carbons (Fsp3) is 0.222. The summed E-state index contributed by atoms with van der Waals surface area (Å²) in [7, 11) is 0. The summed E-state index contributed by atoms with van der Waals surface area (Å²) in [4.78, 5) is 23.1. The molecule has 25 heavy (non-hydrogen) atoms. The van der Waals surface area contributed by atoms with Crippen LogP contribution in [0.2, 0.25) is 0 Å². The average Bonchev–Trinajstić information content (AvgIpc) is 2.59. The second kappa shape index (κ2) is 7.65. The van der Waals surface area contributed by atoms with Gasteiger partial charge in [-0.05, 0) is 42.8 Å². The average molecular weight is 343 g/mol. The fourth-order valence-corrected chi connectivity index (χ4v) is 2.48. The van der Waals surface area contributed by atoms with E-state index >= 15 is 0 Å². The van der Waals surface area contributed by atoms with Crippen molar-refractivity contribution >= 4 is 17.6 Å². The Morgan fingerprint density at radius 3 is 2.64 bits per heavy atom. The molecule has 0 aliphatic carbocycles. The maximum absolute atomic E-state index is 13.1. The molecule has 3 rings (SSSR count). The lowest BCUT2D eigenvalue weighted by molar-refractivity contribution is -0.122. The van der Waals surface area contributed by atoms with Gasteiger partial charge in [0.25, 0.3) is 0 Å². The van der Waals surface area contributed by atoms with E-state index in [0.29, 0.717) is 36.6 Å². The number of benzene rings is 2. The Balaban J connectivity index is 1.51. The molecule has 3 N–H and O–H groups in total. The van der Waals surface area contributed by atoms with Gasteiger partial charge >= 0.3 is 6.03 Å².